The largest absolute Gasteiger partial charge is 0.372 e. The summed E-state index contributed by atoms with van der Waals surface area (Å²) in [5.41, 5.74) is 0. The molecule has 1 aliphatic heterocycles. The quantitative estimate of drug-likeness (QED) is 0.399. The van der Waals surface area contributed by atoms with Gasteiger partial charge in [0, 0.05) is 12.9 Å². The average molecular weight is 158 g/mol. The van der Waals surface area contributed by atoms with E-state index in [1.807, 2.05) is 0 Å². The molecule has 0 amide bonds. The second kappa shape index (κ2) is 3.01. The van der Waals surface area contributed by atoms with Gasteiger partial charge in [0.25, 0.3) is 0 Å². The van der Waals surface area contributed by atoms with Crippen molar-refractivity contribution in [2.45, 2.75) is 6.10 Å². The molecule has 0 radical (unpaired) electrons. The lowest BCUT2D eigenvalue weighted by atomic mass is 10.2. The van der Waals surface area contributed by atoms with E-state index in [4.69, 9.17) is 4.74 Å². The minimum atomic E-state index is -0.429. The molecular formula is C6H6O3S. The third-order valence-electron chi connectivity index (χ3n) is 1.27. The van der Waals surface area contributed by atoms with Crippen LogP contribution in [0.3, 0.4) is 0 Å². The van der Waals surface area contributed by atoms with E-state index in [-0.39, 0.29) is 10.7 Å². The van der Waals surface area contributed by atoms with Gasteiger partial charge >= 0.3 is 0 Å². The Kier molecular flexibility index (Phi) is 2.27. The molecule has 10 heavy (non-hydrogen) atoms. The molecule has 0 aromatic heterocycles. The molecule has 1 fully saturated rings. The van der Waals surface area contributed by atoms with Crippen molar-refractivity contribution in [1.82, 2.24) is 0 Å². The molecule has 0 N–H and O–H groups in total. The zero-order chi connectivity index (χ0) is 7.56. The minimum absolute atomic E-state index is 0.159. The van der Waals surface area contributed by atoms with Crippen molar-refractivity contribution in [2.75, 3.05) is 12.9 Å². The number of hydrogen-bond donors (Lipinski definition) is 0. The van der Waals surface area contributed by atoms with Gasteiger partial charge in [0.15, 0.2) is 0 Å². The zero-order valence-corrected chi connectivity index (χ0v) is 6.23. The topological polar surface area (TPSA) is 43.4 Å². The highest BCUT2D eigenvalue weighted by Crippen LogP contribution is 2.26. The van der Waals surface area contributed by atoms with Crippen LogP contribution in [0.4, 0.5) is 0 Å². The first-order valence-corrected chi connectivity index (χ1v) is 3.73. The number of Topliss-reactive ketones (excluding diaryl/α,β-unsaturated/α-hetero) is 1. The minimum Gasteiger partial charge on any atom is -0.372 e. The molecule has 0 aromatic carbocycles. The monoisotopic (exact) mass is 158 g/mol. The smallest absolute Gasteiger partial charge is 0.209 e. The lowest BCUT2D eigenvalue weighted by Gasteiger charge is -1.99. The van der Waals surface area contributed by atoms with Crippen LogP contribution in [0.25, 0.3) is 0 Å². The third-order valence-corrected chi connectivity index (χ3v) is 2.32. The first-order chi connectivity index (χ1) is 4.79. The zero-order valence-electron chi connectivity index (χ0n) is 5.42. The molecular weight excluding hydrogens is 152 g/mol. The molecule has 1 heterocycles. The van der Waals surface area contributed by atoms with Crippen LogP contribution >= 0.6 is 11.8 Å². The lowest BCUT2D eigenvalue weighted by molar-refractivity contribution is -0.122. The van der Waals surface area contributed by atoms with E-state index in [2.05, 4.69) is 0 Å². The van der Waals surface area contributed by atoms with Crippen LogP contribution in [0.1, 0.15) is 0 Å². The Morgan fingerprint density at radius 1 is 1.80 bits per heavy atom. The van der Waals surface area contributed by atoms with Gasteiger partial charge in [0.2, 0.25) is 5.78 Å². The molecule has 1 saturated heterocycles. The first kappa shape index (κ1) is 7.54. The Labute approximate surface area is 62.4 Å². The van der Waals surface area contributed by atoms with Gasteiger partial charge in [-0.1, -0.05) is 0 Å². The average Bonchev–Trinajstić information content (AvgIpc) is 2.30. The molecule has 0 aliphatic carbocycles. The molecule has 0 bridgehead atoms. The van der Waals surface area contributed by atoms with Crippen molar-refractivity contribution in [3.8, 4) is 0 Å². The fourth-order valence-electron chi connectivity index (χ4n) is 0.707. The number of ether oxygens (including phenoxy) is 1. The SMILES string of the molecule is COC1CSC(=C=O)C1=O. The standard InChI is InChI=1S/C6H6O3S/c1-9-4-3-10-5(2-7)6(4)8/h4H,3H2,1H3. The molecule has 4 heteroatoms. The Morgan fingerprint density at radius 3 is 2.80 bits per heavy atom. The van der Waals surface area contributed by atoms with E-state index < -0.39 is 6.10 Å². The number of hydrogen-bond acceptors (Lipinski definition) is 4. The van der Waals surface area contributed by atoms with E-state index in [0.717, 1.165) is 0 Å². The highest BCUT2D eigenvalue weighted by atomic mass is 32.2. The fourth-order valence-corrected chi connectivity index (χ4v) is 1.65. The van der Waals surface area contributed by atoms with Gasteiger partial charge in [0.05, 0.1) is 0 Å². The second-order valence-electron chi connectivity index (χ2n) is 1.83. The van der Waals surface area contributed by atoms with Crippen molar-refractivity contribution in [3.63, 3.8) is 0 Å². The maximum Gasteiger partial charge on any atom is 0.209 e. The summed E-state index contributed by atoms with van der Waals surface area (Å²) in [5, 5.41) is 0. The van der Waals surface area contributed by atoms with Crippen LogP contribution in [0.15, 0.2) is 4.91 Å². The lowest BCUT2D eigenvalue weighted by Crippen LogP contribution is -2.19. The summed E-state index contributed by atoms with van der Waals surface area (Å²) in [4.78, 5) is 21.1. The number of carbonyl (C=O) groups is 1. The Morgan fingerprint density at radius 2 is 2.50 bits per heavy atom. The predicted molar refractivity (Wildman–Crippen MR) is 37.5 cm³/mol. The summed E-state index contributed by atoms with van der Waals surface area (Å²) >= 11 is 1.20. The molecule has 1 atom stereocenters. The Bertz CT molecular complexity index is 205. The van der Waals surface area contributed by atoms with E-state index >= 15 is 0 Å². The van der Waals surface area contributed by atoms with E-state index in [9.17, 15) is 9.59 Å². The van der Waals surface area contributed by atoms with Crippen molar-refractivity contribution >= 4 is 23.5 Å². The fraction of sp³-hybridized carbons (Fsp3) is 0.500. The Hall–Kier alpha value is -0.570. The normalized spacial score (nSPS) is 25.1. The number of ketones is 1. The van der Waals surface area contributed by atoms with Crippen LogP contribution < -0.4 is 0 Å². The van der Waals surface area contributed by atoms with Crippen LogP contribution in [-0.2, 0) is 14.3 Å². The van der Waals surface area contributed by atoms with Gasteiger partial charge < -0.3 is 4.74 Å². The van der Waals surface area contributed by atoms with Gasteiger partial charge in [0.1, 0.15) is 17.0 Å². The third kappa shape index (κ3) is 1.14. The van der Waals surface area contributed by atoms with Gasteiger partial charge in [-0.3, -0.25) is 4.79 Å². The molecule has 54 valence electrons. The second-order valence-corrected chi connectivity index (χ2v) is 2.86. The van der Waals surface area contributed by atoms with Crippen molar-refractivity contribution in [2.24, 2.45) is 0 Å². The molecule has 0 aromatic rings. The number of carbonyl (C=O) groups excluding carboxylic acids is 2. The van der Waals surface area contributed by atoms with Gasteiger partial charge in [-0.15, -0.1) is 11.8 Å². The highest BCUT2D eigenvalue weighted by Gasteiger charge is 2.30. The summed E-state index contributed by atoms with van der Waals surface area (Å²) in [7, 11) is 1.46. The molecule has 1 unspecified atom stereocenters. The molecule has 1 rings (SSSR count). The van der Waals surface area contributed by atoms with Crippen molar-refractivity contribution in [3.05, 3.63) is 4.91 Å². The van der Waals surface area contributed by atoms with Gasteiger partial charge in [-0.2, -0.15) is 0 Å². The number of rotatable bonds is 1. The van der Waals surface area contributed by atoms with E-state index in [0.29, 0.717) is 5.75 Å². The maximum absolute atomic E-state index is 10.9. The summed E-state index contributed by atoms with van der Waals surface area (Å²) < 4.78 is 4.79. The first-order valence-electron chi connectivity index (χ1n) is 2.74. The van der Waals surface area contributed by atoms with E-state index in [1.54, 1.807) is 5.94 Å². The summed E-state index contributed by atoms with van der Waals surface area (Å²) in [6.07, 6.45) is -0.429. The number of methoxy groups -OCH3 is 1. The molecule has 0 spiro atoms. The predicted octanol–water partition coefficient (Wildman–Crippen LogP) is 0.0328. The molecule has 1 aliphatic rings. The van der Waals surface area contributed by atoms with Crippen molar-refractivity contribution in [1.29, 1.82) is 0 Å². The maximum atomic E-state index is 10.9. The molecule has 0 saturated carbocycles. The summed E-state index contributed by atoms with van der Waals surface area (Å²) in [5.74, 6) is 1.89. The van der Waals surface area contributed by atoms with Gasteiger partial charge in [-0.25, -0.2) is 4.79 Å². The van der Waals surface area contributed by atoms with Gasteiger partial charge in [-0.05, 0) is 0 Å². The molecule has 3 nitrogen and oxygen atoms in total. The van der Waals surface area contributed by atoms with Crippen molar-refractivity contribution < 1.29 is 14.3 Å². The van der Waals surface area contributed by atoms with Crippen LogP contribution in [0.2, 0.25) is 0 Å². The highest BCUT2D eigenvalue weighted by molar-refractivity contribution is 8.05. The summed E-state index contributed by atoms with van der Waals surface area (Å²) in [6.45, 7) is 0. The van der Waals surface area contributed by atoms with Crippen LogP contribution in [0.5, 0.6) is 0 Å². The summed E-state index contributed by atoms with van der Waals surface area (Å²) in [6, 6.07) is 0. The Balaban J connectivity index is 2.77. The van der Waals surface area contributed by atoms with Crippen LogP contribution in [0, 0.1) is 0 Å². The van der Waals surface area contributed by atoms with Crippen LogP contribution in [-0.4, -0.2) is 30.7 Å². The van der Waals surface area contributed by atoms with E-state index in [1.165, 1.54) is 18.9 Å². The number of thioether (sulfide) groups is 1.